The van der Waals surface area contributed by atoms with E-state index in [1.807, 2.05) is 6.07 Å². The maximum absolute atomic E-state index is 12.7. The second kappa shape index (κ2) is 9.60. The fraction of sp³-hybridized carbons (Fsp3) is 0.227. The highest BCUT2D eigenvalue weighted by Gasteiger charge is 2.34. The fourth-order valence-corrected chi connectivity index (χ4v) is 3.05. The Bertz CT molecular complexity index is 971. The highest BCUT2D eigenvalue weighted by molar-refractivity contribution is 5.95. The van der Waals surface area contributed by atoms with Crippen molar-refractivity contribution in [3.05, 3.63) is 77.0 Å². The first-order chi connectivity index (χ1) is 14.5. The summed E-state index contributed by atoms with van der Waals surface area (Å²) in [5, 5.41) is 5.28. The normalized spacial score (nSPS) is 15.7. The van der Waals surface area contributed by atoms with Crippen LogP contribution in [0, 0.1) is 0 Å². The standard InChI is InChI=1S/C22H22N2O6/c1-3-29-21(26)18-17(13-30-20(25)15-10-7-11-16(12-15)28-2)23-22(27)24-19(18)14-8-5-4-6-9-14/h4-12,19H,3,13H2,1-2H3,(H2,23,24,27)/t19-/m0/s1. The third-order valence-electron chi connectivity index (χ3n) is 4.43. The first kappa shape index (κ1) is 20.9. The average Bonchev–Trinajstić information content (AvgIpc) is 2.77. The summed E-state index contributed by atoms with van der Waals surface area (Å²) in [5.41, 5.74) is 1.34. The van der Waals surface area contributed by atoms with Crippen molar-refractivity contribution < 1.29 is 28.6 Å². The molecule has 0 saturated carbocycles. The lowest BCUT2D eigenvalue weighted by Crippen LogP contribution is -2.47. The molecule has 0 unspecified atom stereocenters. The Morgan fingerprint density at radius 1 is 1.00 bits per heavy atom. The molecular formula is C22H22N2O6. The lowest BCUT2D eigenvalue weighted by molar-refractivity contribution is -0.139. The van der Waals surface area contributed by atoms with E-state index >= 15 is 0 Å². The van der Waals surface area contributed by atoms with Gasteiger partial charge in [-0.05, 0) is 30.7 Å². The second-order valence-electron chi connectivity index (χ2n) is 6.36. The molecule has 0 aromatic heterocycles. The van der Waals surface area contributed by atoms with Crippen molar-refractivity contribution in [3.8, 4) is 5.75 Å². The average molecular weight is 410 g/mol. The highest BCUT2D eigenvalue weighted by atomic mass is 16.5. The second-order valence-corrected chi connectivity index (χ2v) is 6.36. The predicted molar refractivity (Wildman–Crippen MR) is 108 cm³/mol. The zero-order valence-electron chi connectivity index (χ0n) is 16.6. The summed E-state index contributed by atoms with van der Waals surface area (Å²) in [7, 11) is 1.50. The number of carbonyl (C=O) groups excluding carboxylic acids is 3. The Morgan fingerprint density at radius 3 is 2.47 bits per heavy atom. The summed E-state index contributed by atoms with van der Waals surface area (Å²) >= 11 is 0. The molecule has 1 heterocycles. The van der Waals surface area contributed by atoms with Gasteiger partial charge in [0.2, 0.25) is 0 Å². The minimum atomic E-state index is -0.732. The van der Waals surface area contributed by atoms with Crippen LogP contribution in [0.3, 0.4) is 0 Å². The molecule has 3 rings (SSSR count). The molecule has 1 aliphatic heterocycles. The molecule has 2 aromatic rings. The number of ether oxygens (including phenoxy) is 3. The van der Waals surface area contributed by atoms with E-state index < -0.39 is 24.0 Å². The number of benzene rings is 2. The number of amides is 2. The first-order valence-electron chi connectivity index (χ1n) is 9.37. The first-order valence-corrected chi connectivity index (χ1v) is 9.37. The van der Waals surface area contributed by atoms with E-state index in [4.69, 9.17) is 14.2 Å². The zero-order chi connectivity index (χ0) is 21.5. The molecule has 2 aromatic carbocycles. The molecule has 0 saturated heterocycles. The number of esters is 2. The highest BCUT2D eigenvalue weighted by Crippen LogP contribution is 2.28. The van der Waals surface area contributed by atoms with Gasteiger partial charge in [-0.15, -0.1) is 0 Å². The van der Waals surface area contributed by atoms with Gasteiger partial charge in [0.1, 0.15) is 12.4 Å². The van der Waals surface area contributed by atoms with Gasteiger partial charge >= 0.3 is 18.0 Å². The van der Waals surface area contributed by atoms with E-state index in [2.05, 4.69) is 10.6 Å². The van der Waals surface area contributed by atoms with Crippen LogP contribution in [0.5, 0.6) is 5.75 Å². The molecule has 30 heavy (non-hydrogen) atoms. The number of carbonyl (C=O) groups is 3. The van der Waals surface area contributed by atoms with E-state index in [1.165, 1.54) is 13.2 Å². The van der Waals surface area contributed by atoms with E-state index in [1.54, 1.807) is 49.4 Å². The Balaban J connectivity index is 1.89. The third-order valence-corrected chi connectivity index (χ3v) is 4.43. The van der Waals surface area contributed by atoms with E-state index in [0.29, 0.717) is 11.3 Å². The molecule has 1 aliphatic rings. The Morgan fingerprint density at radius 2 is 1.77 bits per heavy atom. The number of methoxy groups -OCH3 is 1. The summed E-state index contributed by atoms with van der Waals surface area (Å²) in [4.78, 5) is 37.3. The number of rotatable bonds is 7. The summed E-state index contributed by atoms with van der Waals surface area (Å²) in [6.07, 6.45) is 0. The third kappa shape index (κ3) is 4.78. The van der Waals surface area contributed by atoms with Crippen molar-refractivity contribution >= 4 is 18.0 Å². The van der Waals surface area contributed by atoms with Crippen LogP contribution < -0.4 is 15.4 Å². The van der Waals surface area contributed by atoms with Crippen LogP contribution in [0.15, 0.2) is 65.9 Å². The Hall–Kier alpha value is -3.81. The predicted octanol–water partition coefficient (Wildman–Crippen LogP) is 2.72. The molecule has 8 heteroatoms. The molecule has 2 amide bonds. The lowest BCUT2D eigenvalue weighted by atomic mass is 9.95. The smallest absolute Gasteiger partial charge is 0.338 e. The minimum absolute atomic E-state index is 0.161. The molecule has 156 valence electrons. The monoisotopic (exact) mass is 410 g/mol. The van der Waals surface area contributed by atoms with Crippen LogP contribution in [-0.4, -0.2) is 38.3 Å². The van der Waals surface area contributed by atoms with Crippen LogP contribution in [0.4, 0.5) is 4.79 Å². The molecule has 0 aliphatic carbocycles. The van der Waals surface area contributed by atoms with Gasteiger partial charge < -0.3 is 24.8 Å². The zero-order valence-corrected chi connectivity index (χ0v) is 16.6. The molecule has 1 atom stereocenters. The summed E-state index contributed by atoms with van der Waals surface area (Å²) in [6, 6.07) is 14.3. The summed E-state index contributed by atoms with van der Waals surface area (Å²) in [6.45, 7) is 1.54. The molecule has 0 bridgehead atoms. The van der Waals surface area contributed by atoms with E-state index in [9.17, 15) is 14.4 Å². The van der Waals surface area contributed by atoms with Crippen molar-refractivity contribution in [3.63, 3.8) is 0 Å². The van der Waals surface area contributed by atoms with Crippen molar-refractivity contribution in [1.82, 2.24) is 10.6 Å². The van der Waals surface area contributed by atoms with Gasteiger partial charge in [-0.3, -0.25) is 0 Å². The van der Waals surface area contributed by atoms with Crippen LogP contribution in [0.25, 0.3) is 0 Å². The van der Waals surface area contributed by atoms with Crippen molar-refractivity contribution in [2.24, 2.45) is 0 Å². The number of urea groups is 1. The quantitative estimate of drug-likeness (QED) is 0.681. The van der Waals surface area contributed by atoms with Crippen LogP contribution in [-0.2, 0) is 14.3 Å². The Labute approximate surface area is 173 Å². The van der Waals surface area contributed by atoms with Gasteiger partial charge in [-0.2, -0.15) is 0 Å². The molecular weight excluding hydrogens is 388 g/mol. The fourth-order valence-electron chi connectivity index (χ4n) is 3.05. The van der Waals surface area contributed by atoms with Gasteiger partial charge in [0.05, 0.1) is 36.6 Å². The molecule has 2 N–H and O–H groups in total. The van der Waals surface area contributed by atoms with E-state index in [0.717, 1.165) is 0 Å². The number of nitrogens with one attached hydrogen (secondary N) is 2. The topological polar surface area (TPSA) is 103 Å². The largest absolute Gasteiger partial charge is 0.497 e. The molecule has 8 nitrogen and oxygen atoms in total. The van der Waals surface area contributed by atoms with Crippen LogP contribution in [0.2, 0.25) is 0 Å². The molecule has 0 spiro atoms. The van der Waals surface area contributed by atoms with Crippen molar-refractivity contribution in [2.75, 3.05) is 20.3 Å². The number of hydrogen-bond donors (Lipinski definition) is 2. The van der Waals surface area contributed by atoms with Crippen LogP contribution >= 0.6 is 0 Å². The van der Waals surface area contributed by atoms with Gasteiger partial charge in [0, 0.05) is 0 Å². The Kier molecular flexibility index (Phi) is 6.69. The van der Waals surface area contributed by atoms with Crippen molar-refractivity contribution in [1.29, 1.82) is 0 Å². The minimum Gasteiger partial charge on any atom is -0.497 e. The van der Waals surface area contributed by atoms with Gasteiger partial charge in [0.15, 0.2) is 0 Å². The SMILES string of the molecule is CCOC(=O)C1=C(COC(=O)c2cccc(OC)c2)NC(=O)N[C@H]1c1ccccc1. The maximum Gasteiger partial charge on any atom is 0.338 e. The van der Waals surface area contributed by atoms with E-state index in [-0.39, 0.29) is 30.0 Å². The number of hydrogen-bond acceptors (Lipinski definition) is 6. The molecule has 0 fully saturated rings. The lowest BCUT2D eigenvalue weighted by Gasteiger charge is -2.29. The van der Waals surface area contributed by atoms with Crippen molar-refractivity contribution in [2.45, 2.75) is 13.0 Å². The van der Waals surface area contributed by atoms with Gasteiger partial charge in [0.25, 0.3) is 0 Å². The molecule has 0 radical (unpaired) electrons. The van der Waals surface area contributed by atoms with Crippen LogP contribution in [0.1, 0.15) is 28.9 Å². The van der Waals surface area contributed by atoms with Gasteiger partial charge in [-0.1, -0.05) is 36.4 Å². The maximum atomic E-state index is 12.7. The van der Waals surface area contributed by atoms with Gasteiger partial charge in [-0.25, -0.2) is 14.4 Å². The summed E-state index contributed by atoms with van der Waals surface area (Å²) in [5.74, 6) is -0.713. The summed E-state index contributed by atoms with van der Waals surface area (Å²) < 4.78 is 15.6.